The summed E-state index contributed by atoms with van der Waals surface area (Å²) in [6, 6.07) is 5.59. The Bertz CT molecular complexity index is 1230. The van der Waals surface area contributed by atoms with Crippen LogP contribution in [0.1, 0.15) is 37.8 Å². The predicted molar refractivity (Wildman–Crippen MR) is 118 cm³/mol. The van der Waals surface area contributed by atoms with Crippen LogP contribution in [0, 0.1) is 13.8 Å². The third-order valence-electron chi connectivity index (χ3n) is 4.62. The quantitative estimate of drug-likeness (QED) is 0.496. The van der Waals surface area contributed by atoms with Gasteiger partial charge < -0.3 is 20.7 Å². The molecule has 178 valence electrons. The van der Waals surface area contributed by atoms with Gasteiger partial charge in [-0.15, -0.1) is 0 Å². The Labute approximate surface area is 192 Å². The second-order valence-corrected chi connectivity index (χ2v) is 7.13. The molecule has 0 radical (unpaired) electrons. The van der Waals surface area contributed by atoms with Crippen molar-refractivity contribution in [3.8, 4) is 5.75 Å². The number of hydrogen-bond acceptors (Lipinski definition) is 7. The molecule has 3 rings (SSSR count). The summed E-state index contributed by atoms with van der Waals surface area (Å²) in [7, 11) is 2.62. The van der Waals surface area contributed by atoms with Gasteiger partial charge in [0, 0.05) is 31.1 Å². The number of carbonyl (C=O) groups excluding carboxylic acids is 2. The van der Waals surface area contributed by atoms with E-state index in [-0.39, 0.29) is 28.4 Å². The molecule has 0 saturated carbocycles. The van der Waals surface area contributed by atoms with Crippen LogP contribution in [0.3, 0.4) is 0 Å². The zero-order chi connectivity index (χ0) is 25.0. The van der Waals surface area contributed by atoms with Gasteiger partial charge in [-0.3, -0.25) is 9.59 Å². The van der Waals surface area contributed by atoms with Crippen molar-refractivity contribution < 1.29 is 27.5 Å². The maximum absolute atomic E-state index is 13.2. The van der Waals surface area contributed by atoms with Crippen molar-refractivity contribution >= 4 is 29.1 Å². The summed E-state index contributed by atoms with van der Waals surface area (Å²) in [6.07, 6.45) is -3.43. The van der Waals surface area contributed by atoms with E-state index in [1.54, 1.807) is 19.9 Å². The van der Waals surface area contributed by atoms with Crippen molar-refractivity contribution in [2.24, 2.45) is 0 Å². The van der Waals surface area contributed by atoms with Crippen molar-refractivity contribution in [2.45, 2.75) is 20.0 Å². The molecule has 0 unspecified atom stereocenters. The smallest absolute Gasteiger partial charge is 0.416 e. The molecule has 9 nitrogen and oxygen atoms in total. The lowest BCUT2D eigenvalue weighted by Crippen LogP contribution is -2.22. The SMILES string of the molecule is CNC(=O)c1cnc(Nc2cc(C)nc(C)n2)cc1NC(=O)c1cc(C(F)(F)F)ccc1OC. The number of aryl methyl sites for hydroxylation is 2. The predicted octanol–water partition coefficient (Wildman–Crippen LogP) is 3.87. The number of nitrogens with zero attached hydrogens (tertiary/aromatic N) is 3. The summed E-state index contributed by atoms with van der Waals surface area (Å²) >= 11 is 0. The molecular formula is C22H21F3N6O3. The van der Waals surface area contributed by atoms with Crippen molar-refractivity contribution in [1.82, 2.24) is 20.3 Å². The minimum absolute atomic E-state index is 0.00221. The van der Waals surface area contributed by atoms with Crippen LogP contribution in [0.25, 0.3) is 0 Å². The number of carbonyl (C=O) groups is 2. The molecular weight excluding hydrogens is 453 g/mol. The molecule has 0 bridgehead atoms. The summed E-state index contributed by atoms with van der Waals surface area (Å²) in [5.74, 6) is -0.336. The molecule has 0 aliphatic heterocycles. The third kappa shape index (κ3) is 5.57. The number of pyridine rings is 1. The number of alkyl halides is 3. The summed E-state index contributed by atoms with van der Waals surface area (Å²) in [5.41, 5.74) is -0.640. The van der Waals surface area contributed by atoms with Crippen LogP contribution in [0.2, 0.25) is 0 Å². The third-order valence-corrected chi connectivity index (χ3v) is 4.62. The minimum atomic E-state index is -4.66. The first-order chi connectivity index (χ1) is 16.0. The van der Waals surface area contributed by atoms with Crippen molar-refractivity contribution in [3.05, 3.63) is 64.7 Å². The van der Waals surface area contributed by atoms with Crippen LogP contribution in [-0.4, -0.2) is 40.9 Å². The Hall–Kier alpha value is -4.22. The molecule has 2 heterocycles. The van der Waals surface area contributed by atoms with E-state index in [0.29, 0.717) is 23.4 Å². The fraction of sp³-hybridized carbons (Fsp3) is 0.227. The average Bonchev–Trinajstić information content (AvgIpc) is 2.77. The first-order valence-electron chi connectivity index (χ1n) is 9.90. The average molecular weight is 474 g/mol. The lowest BCUT2D eigenvalue weighted by molar-refractivity contribution is -0.137. The number of amides is 2. The van der Waals surface area contributed by atoms with Gasteiger partial charge >= 0.3 is 6.18 Å². The Kier molecular flexibility index (Phi) is 6.99. The topological polar surface area (TPSA) is 118 Å². The van der Waals surface area contributed by atoms with Crippen LogP contribution in [-0.2, 0) is 6.18 Å². The van der Waals surface area contributed by atoms with Crippen LogP contribution in [0.4, 0.5) is 30.5 Å². The molecule has 2 aromatic heterocycles. The fourth-order valence-corrected chi connectivity index (χ4v) is 3.11. The number of nitrogens with one attached hydrogen (secondary N) is 3. The van der Waals surface area contributed by atoms with E-state index in [1.807, 2.05) is 0 Å². The van der Waals surface area contributed by atoms with Gasteiger partial charge in [0.1, 0.15) is 23.2 Å². The number of rotatable bonds is 6. The van der Waals surface area contributed by atoms with Gasteiger partial charge in [-0.05, 0) is 32.0 Å². The molecule has 1 aromatic carbocycles. The number of halogens is 3. The van der Waals surface area contributed by atoms with E-state index in [2.05, 4.69) is 30.9 Å². The maximum Gasteiger partial charge on any atom is 0.416 e. The van der Waals surface area contributed by atoms with Crippen LogP contribution in [0.5, 0.6) is 5.75 Å². The zero-order valence-electron chi connectivity index (χ0n) is 18.7. The summed E-state index contributed by atoms with van der Waals surface area (Å²) in [5, 5.41) is 7.87. The number of methoxy groups -OCH3 is 1. The number of ether oxygens (including phenoxy) is 1. The van der Waals surface area contributed by atoms with Crippen LogP contribution >= 0.6 is 0 Å². The fourth-order valence-electron chi connectivity index (χ4n) is 3.11. The monoisotopic (exact) mass is 474 g/mol. The molecule has 0 fully saturated rings. The molecule has 0 spiro atoms. The van der Waals surface area contributed by atoms with Gasteiger partial charge in [-0.25, -0.2) is 15.0 Å². The molecule has 3 N–H and O–H groups in total. The number of aromatic nitrogens is 3. The van der Waals surface area contributed by atoms with Crippen molar-refractivity contribution in [1.29, 1.82) is 0 Å². The molecule has 0 atom stereocenters. The van der Waals surface area contributed by atoms with Gasteiger partial charge in [0.2, 0.25) is 0 Å². The van der Waals surface area contributed by atoms with E-state index in [9.17, 15) is 22.8 Å². The second-order valence-electron chi connectivity index (χ2n) is 7.13. The first kappa shape index (κ1) is 24.4. The van der Waals surface area contributed by atoms with E-state index >= 15 is 0 Å². The molecule has 0 aliphatic carbocycles. The Balaban J connectivity index is 1.99. The standard InChI is InChI=1S/C22H21F3N6O3/c1-11-7-19(29-12(2)28-11)31-18-9-16(15(10-27-18)20(32)26-3)30-21(33)14-8-13(22(23,24)25)5-6-17(14)34-4/h5-10H,1-4H3,(H,26,32)(H2,27,28,29,30,31,33). The molecule has 12 heteroatoms. The summed E-state index contributed by atoms with van der Waals surface area (Å²) < 4.78 is 44.6. The van der Waals surface area contributed by atoms with E-state index in [4.69, 9.17) is 4.74 Å². The Morgan fingerprint density at radius 1 is 0.971 bits per heavy atom. The summed E-state index contributed by atoms with van der Waals surface area (Å²) in [4.78, 5) is 37.8. The van der Waals surface area contributed by atoms with Crippen LogP contribution < -0.4 is 20.7 Å². The Morgan fingerprint density at radius 2 is 1.71 bits per heavy atom. The lowest BCUT2D eigenvalue weighted by Gasteiger charge is -2.15. The van der Waals surface area contributed by atoms with Crippen molar-refractivity contribution in [2.75, 3.05) is 24.8 Å². The second kappa shape index (κ2) is 9.73. The molecule has 0 aliphatic rings. The van der Waals surface area contributed by atoms with Crippen molar-refractivity contribution in [3.63, 3.8) is 0 Å². The lowest BCUT2D eigenvalue weighted by atomic mass is 10.1. The highest BCUT2D eigenvalue weighted by molar-refractivity contribution is 6.10. The molecule has 34 heavy (non-hydrogen) atoms. The van der Waals surface area contributed by atoms with Gasteiger partial charge in [-0.1, -0.05) is 0 Å². The van der Waals surface area contributed by atoms with Crippen LogP contribution in [0.15, 0.2) is 36.5 Å². The van der Waals surface area contributed by atoms with E-state index < -0.39 is 23.6 Å². The maximum atomic E-state index is 13.2. The normalized spacial score (nSPS) is 11.0. The number of anilines is 3. The van der Waals surface area contributed by atoms with Gasteiger partial charge in [0.05, 0.1) is 29.5 Å². The van der Waals surface area contributed by atoms with Gasteiger partial charge in [0.25, 0.3) is 11.8 Å². The van der Waals surface area contributed by atoms with Gasteiger partial charge in [0.15, 0.2) is 0 Å². The number of benzene rings is 1. The number of hydrogen-bond donors (Lipinski definition) is 3. The first-order valence-corrected chi connectivity index (χ1v) is 9.90. The minimum Gasteiger partial charge on any atom is -0.496 e. The molecule has 0 saturated heterocycles. The summed E-state index contributed by atoms with van der Waals surface area (Å²) in [6.45, 7) is 3.50. The highest BCUT2D eigenvalue weighted by atomic mass is 19.4. The zero-order valence-corrected chi connectivity index (χ0v) is 18.7. The highest BCUT2D eigenvalue weighted by Crippen LogP contribution is 2.33. The molecule has 3 aromatic rings. The highest BCUT2D eigenvalue weighted by Gasteiger charge is 2.32. The molecule has 2 amide bonds. The van der Waals surface area contributed by atoms with E-state index in [1.165, 1.54) is 26.4 Å². The Morgan fingerprint density at radius 3 is 2.32 bits per heavy atom. The largest absolute Gasteiger partial charge is 0.496 e. The van der Waals surface area contributed by atoms with E-state index in [0.717, 1.165) is 12.1 Å². The van der Waals surface area contributed by atoms with Gasteiger partial charge in [-0.2, -0.15) is 13.2 Å².